The monoisotopic (exact) mass is 356 g/mol. The molecule has 2 aromatic carbocycles. The summed E-state index contributed by atoms with van der Waals surface area (Å²) in [4.78, 5) is 25.2. The van der Waals surface area contributed by atoms with Crippen LogP contribution in [0, 0.1) is 0 Å². The van der Waals surface area contributed by atoms with Gasteiger partial charge in [0, 0.05) is 11.1 Å². The molecular formula is C22H16N2O3. The molecule has 0 radical (unpaired) electrons. The number of nitrogens with zero attached hydrogens (tertiary/aromatic N) is 2. The van der Waals surface area contributed by atoms with E-state index in [9.17, 15) is 9.59 Å². The standard InChI is InChI=1S/C22H16N2O3/c1-15-19(14-18-12-13-20(27-18)16-8-4-2-5-9-16)22(26)24(23-15)21(25)17-10-6-3-7-11-17/h2-14H,1H3. The van der Waals surface area contributed by atoms with Crippen molar-refractivity contribution >= 4 is 23.6 Å². The maximum atomic E-state index is 12.7. The van der Waals surface area contributed by atoms with Crippen molar-refractivity contribution in [2.24, 2.45) is 5.10 Å². The van der Waals surface area contributed by atoms with Crippen molar-refractivity contribution in [1.82, 2.24) is 5.01 Å². The van der Waals surface area contributed by atoms with Crippen LogP contribution in [0.2, 0.25) is 0 Å². The van der Waals surface area contributed by atoms with Gasteiger partial charge < -0.3 is 4.42 Å². The first-order chi connectivity index (χ1) is 13.1. The fourth-order valence-corrected chi connectivity index (χ4v) is 2.86. The van der Waals surface area contributed by atoms with Gasteiger partial charge >= 0.3 is 0 Å². The maximum Gasteiger partial charge on any atom is 0.283 e. The van der Waals surface area contributed by atoms with Crippen LogP contribution in [0.3, 0.4) is 0 Å². The summed E-state index contributed by atoms with van der Waals surface area (Å²) < 4.78 is 5.82. The molecular weight excluding hydrogens is 340 g/mol. The van der Waals surface area contributed by atoms with Crippen LogP contribution in [-0.2, 0) is 4.79 Å². The minimum absolute atomic E-state index is 0.341. The SMILES string of the molecule is CC1=NN(C(=O)c2ccccc2)C(=O)C1=Cc1ccc(-c2ccccc2)o1. The third-order valence-electron chi connectivity index (χ3n) is 4.25. The summed E-state index contributed by atoms with van der Waals surface area (Å²) in [6, 6.07) is 21.9. The second-order valence-corrected chi connectivity index (χ2v) is 6.10. The van der Waals surface area contributed by atoms with Gasteiger partial charge in [-0.1, -0.05) is 48.5 Å². The summed E-state index contributed by atoms with van der Waals surface area (Å²) in [5.74, 6) is 0.326. The van der Waals surface area contributed by atoms with Gasteiger partial charge in [0.25, 0.3) is 11.8 Å². The number of furan rings is 1. The molecule has 5 nitrogen and oxygen atoms in total. The van der Waals surface area contributed by atoms with Gasteiger partial charge in [-0.25, -0.2) is 0 Å². The van der Waals surface area contributed by atoms with Crippen molar-refractivity contribution in [1.29, 1.82) is 0 Å². The highest BCUT2D eigenvalue weighted by Crippen LogP contribution is 2.25. The smallest absolute Gasteiger partial charge is 0.283 e. The summed E-state index contributed by atoms with van der Waals surface area (Å²) in [5, 5.41) is 5.03. The number of rotatable bonds is 3. The average Bonchev–Trinajstić information content (AvgIpc) is 3.29. The van der Waals surface area contributed by atoms with Crippen molar-refractivity contribution in [3.63, 3.8) is 0 Å². The van der Waals surface area contributed by atoms with Gasteiger partial charge in [0.2, 0.25) is 0 Å². The van der Waals surface area contributed by atoms with Crippen LogP contribution < -0.4 is 0 Å². The number of hydrogen-bond donors (Lipinski definition) is 0. The van der Waals surface area contributed by atoms with Crippen LogP contribution in [0.25, 0.3) is 17.4 Å². The Morgan fingerprint density at radius 3 is 2.33 bits per heavy atom. The Hall–Kier alpha value is -3.73. The van der Waals surface area contributed by atoms with Gasteiger partial charge in [0.05, 0.1) is 11.3 Å². The van der Waals surface area contributed by atoms with E-state index in [4.69, 9.17) is 4.42 Å². The Morgan fingerprint density at radius 2 is 1.63 bits per heavy atom. The lowest BCUT2D eigenvalue weighted by atomic mass is 10.1. The molecule has 27 heavy (non-hydrogen) atoms. The third-order valence-corrected chi connectivity index (χ3v) is 4.25. The first kappa shape index (κ1) is 16.7. The van der Waals surface area contributed by atoms with Gasteiger partial charge in [0.15, 0.2) is 0 Å². The Kier molecular flexibility index (Phi) is 4.26. The average molecular weight is 356 g/mol. The topological polar surface area (TPSA) is 62.9 Å². The highest BCUT2D eigenvalue weighted by molar-refractivity contribution is 6.30. The number of carbonyl (C=O) groups is 2. The Bertz CT molecular complexity index is 1060. The van der Waals surface area contributed by atoms with E-state index in [0.29, 0.717) is 28.4 Å². The number of imide groups is 1. The molecule has 1 aliphatic heterocycles. The van der Waals surface area contributed by atoms with E-state index in [0.717, 1.165) is 10.6 Å². The lowest BCUT2D eigenvalue weighted by Gasteiger charge is -2.09. The third kappa shape index (κ3) is 3.22. The zero-order valence-electron chi connectivity index (χ0n) is 14.6. The minimum Gasteiger partial charge on any atom is -0.457 e. The van der Waals surface area contributed by atoms with Crippen molar-refractivity contribution in [3.8, 4) is 11.3 Å². The van der Waals surface area contributed by atoms with Gasteiger partial charge in [0.1, 0.15) is 11.5 Å². The van der Waals surface area contributed by atoms with Crippen LogP contribution in [-0.4, -0.2) is 22.5 Å². The summed E-state index contributed by atoms with van der Waals surface area (Å²) in [6.45, 7) is 1.70. The van der Waals surface area contributed by atoms with Gasteiger partial charge in [-0.15, -0.1) is 0 Å². The lowest BCUT2D eigenvalue weighted by Crippen LogP contribution is -2.29. The Balaban J connectivity index is 1.60. The molecule has 0 atom stereocenters. The van der Waals surface area contributed by atoms with Crippen molar-refractivity contribution in [3.05, 3.63) is 89.7 Å². The molecule has 2 amide bonds. The zero-order chi connectivity index (χ0) is 18.8. The summed E-state index contributed by atoms with van der Waals surface area (Å²) >= 11 is 0. The fraction of sp³-hybridized carbons (Fsp3) is 0.0455. The van der Waals surface area contributed by atoms with Crippen LogP contribution in [0.4, 0.5) is 0 Å². The van der Waals surface area contributed by atoms with Gasteiger partial charge in [-0.2, -0.15) is 10.1 Å². The number of hydrazone groups is 1. The summed E-state index contributed by atoms with van der Waals surface area (Å²) in [5.41, 5.74) is 2.18. The molecule has 0 saturated carbocycles. The summed E-state index contributed by atoms with van der Waals surface area (Å²) in [7, 11) is 0. The summed E-state index contributed by atoms with van der Waals surface area (Å²) in [6.07, 6.45) is 1.62. The largest absolute Gasteiger partial charge is 0.457 e. The molecule has 5 heteroatoms. The first-order valence-corrected chi connectivity index (χ1v) is 8.50. The molecule has 0 unspecified atom stereocenters. The molecule has 1 aromatic heterocycles. The molecule has 4 rings (SSSR count). The first-order valence-electron chi connectivity index (χ1n) is 8.50. The maximum absolute atomic E-state index is 12.7. The van der Waals surface area contributed by atoms with E-state index in [-0.39, 0.29) is 0 Å². The van der Waals surface area contributed by atoms with E-state index in [1.54, 1.807) is 43.3 Å². The quantitative estimate of drug-likeness (QED) is 0.516. The van der Waals surface area contributed by atoms with Crippen molar-refractivity contribution < 1.29 is 14.0 Å². The highest BCUT2D eigenvalue weighted by atomic mass is 16.3. The van der Waals surface area contributed by atoms with E-state index in [1.165, 1.54) is 0 Å². The predicted molar refractivity (Wildman–Crippen MR) is 103 cm³/mol. The van der Waals surface area contributed by atoms with E-state index >= 15 is 0 Å². The predicted octanol–water partition coefficient (Wildman–Crippen LogP) is 4.39. The molecule has 0 fully saturated rings. The van der Waals surface area contributed by atoms with E-state index in [1.807, 2.05) is 42.5 Å². The van der Waals surface area contributed by atoms with Crippen LogP contribution in [0.5, 0.6) is 0 Å². The molecule has 0 aliphatic carbocycles. The van der Waals surface area contributed by atoms with Gasteiger partial charge in [-0.3, -0.25) is 9.59 Å². The van der Waals surface area contributed by atoms with Gasteiger partial charge in [-0.05, 0) is 37.3 Å². The number of hydrogen-bond acceptors (Lipinski definition) is 4. The molecule has 3 aromatic rings. The van der Waals surface area contributed by atoms with Crippen LogP contribution in [0.15, 0.2) is 87.9 Å². The Morgan fingerprint density at radius 1 is 0.963 bits per heavy atom. The lowest BCUT2D eigenvalue weighted by molar-refractivity contribution is -0.123. The molecule has 0 spiro atoms. The van der Waals surface area contributed by atoms with Crippen LogP contribution in [0.1, 0.15) is 23.0 Å². The molecule has 132 valence electrons. The number of benzene rings is 2. The number of amides is 2. The fourth-order valence-electron chi connectivity index (χ4n) is 2.86. The van der Waals surface area contributed by atoms with E-state index in [2.05, 4.69) is 5.10 Å². The van der Waals surface area contributed by atoms with E-state index < -0.39 is 11.8 Å². The minimum atomic E-state index is -0.459. The second kappa shape index (κ2) is 6.88. The molecule has 1 aliphatic rings. The molecule has 0 N–H and O–H groups in total. The van der Waals surface area contributed by atoms with Crippen molar-refractivity contribution in [2.45, 2.75) is 6.92 Å². The van der Waals surface area contributed by atoms with Crippen LogP contribution >= 0.6 is 0 Å². The molecule has 0 saturated heterocycles. The highest BCUT2D eigenvalue weighted by Gasteiger charge is 2.33. The molecule has 0 bridgehead atoms. The Labute approximate surface area is 156 Å². The second-order valence-electron chi connectivity index (χ2n) is 6.10. The normalized spacial score (nSPS) is 15.3. The number of carbonyl (C=O) groups excluding carboxylic acids is 2. The molecule has 2 heterocycles. The van der Waals surface area contributed by atoms with Crippen molar-refractivity contribution in [2.75, 3.05) is 0 Å². The zero-order valence-corrected chi connectivity index (χ0v) is 14.6.